The molecule has 8 atom stereocenters. The number of aliphatic hydroxyl groups is 1. The van der Waals surface area contributed by atoms with E-state index in [1.165, 1.54) is 50.5 Å². The van der Waals surface area contributed by atoms with Crippen LogP contribution in [-0.2, 0) is 4.79 Å². The highest BCUT2D eigenvalue weighted by atomic mass is 16.3. The Morgan fingerprint density at radius 1 is 1.10 bits per heavy atom. The van der Waals surface area contributed by atoms with Crippen molar-refractivity contribution >= 4 is 5.78 Å². The number of fused-ring (bicyclic) bond motifs is 5. The molecule has 1 N–H and O–H groups in total. The molecule has 2 nitrogen and oxygen atoms in total. The van der Waals surface area contributed by atoms with E-state index >= 15 is 0 Å². The smallest absolute Gasteiger partial charge is 0.159 e. The molecule has 0 amide bonds. The van der Waals surface area contributed by atoms with Crippen LogP contribution in [0.5, 0.6) is 0 Å². The highest BCUT2D eigenvalue weighted by Gasteiger charge is 2.61. The third kappa shape index (κ3) is 3.79. The summed E-state index contributed by atoms with van der Waals surface area (Å²) in [6.07, 6.45) is 13.1. The summed E-state index contributed by atoms with van der Waals surface area (Å²) in [6.45, 7) is 14.3. The second kappa shape index (κ2) is 8.47. The minimum absolute atomic E-state index is 0.141. The predicted molar refractivity (Wildman–Crippen MR) is 129 cm³/mol. The van der Waals surface area contributed by atoms with Gasteiger partial charge in [0.25, 0.3) is 0 Å². The van der Waals surface area contributed by atoms with E-state index in [0.717, 1.165) is 31.1 Å². The van der Waals surface area contributed by atoms with Gasteiger partial charge < -0.3 is 5.11 Å². The highest BCUT2D eigenvalue weighted by molar-refractivity contribution is 5.94. The standard InChI is InChI=1S/C29H46O2/c1-7-18(2)19(3)8-9-20(4)23-10-11-24-27-25(13-15-29(23,24)6)28(5)14-12-22(30)16-21(28)17-26(27)31/h17,20,22-25,27,30H,7-16H2,1-6H3/t20-,22?,23-,24+,25+,27+,28+,29-/m1/s1. The molecule has 3 fully saturated rings. The van der Waals surface area contributed by atoms with Crippen LogP contribution in [0.3, 0.4) is 0 Å². The monoisotopic (exact) mass is 426 g/mol. The lowest BCUT2D eigenvalue weighted by molar-refractivity contribution is -0.135. The maximum atomic E-state index is 13.5. The van der Waals surface area contributed by atoms with E-state index in [1.807, 2.05) is 6.08 Å². The number of ketones is 1. The average Bonchev–Trinajstić information content (AvgIpc) is 3.09. The molecule has 0 saturated heterocycles. The Bertz CT molecular complexity index is 776. The lowest BCUT2D eigenvalue weighted by atomic mass is 9.46. The second-order valence-corrected chi connectivity index (χ2v) is 12.3. The Hall–Kier alpha value is -0.890. The van der Waals surface area contributed by atoms with Gasteiger partial charge in [-0.25, -0.2) is 0 Å². The maximum absolute atomic E-state index is 13.5. The molecule has 3 saturated carbocycles. The van der Waals surface area contributed by atoms with Gasteiger partial charge in [0.15, 0.2) is 5.78 Å². The maximum Gasteiger partial charge on any atom is 0.159 e. The van der Waals surface area contributed by atoms with Gasteiger partial charge in [-0.3, -0.25) is 4.79 Å². The number of carbonyl (C=O) groups excluding carboxylic acids is 1. The third-order valence-electron chi connectivity index (χ3n) is 10.9. The summed E-state index contributed by atoms with van der Waals surface area (Å²) >= 11 is 0. The zero-order valence-electron chi connectivity index (χ0n) is 21.0. The van der Waals surface area contributed by atoms with E-state index in [2.05, 4.69) is 41.5 Å². The second-order valence-electron chi connectivity index (χ2n) is 12.3. The van der Waals surface area contributed by atoms with Crippen LogP contribution in [0, 0.1) is 40.4 Å². The average molecular weight is 427 g/mol. The normalized spacial score (nSPS) is 44.0. The highest BCUT2D eigenvalue weighted by Crippen LogP contribution is 2.66. The predicted octanol–water partition coefficient (Wildman–Crippen LogP) is 7.27. The van der Waals surface area contributed by atoms with E-state index in [9.17, 15) is 9.90 Å². The van der Waals surface area contributed by atoms with Gasteiger partial charge in [0, 0.05) is 5.92 Å². The minimum Gasteiger partial charge on any atom is -0.393 e. The van der Waals surface area contributed by atoms with Crippen LogP contribution in [-0.4, -0.2) is 17.0 Å². The molecule has 0 aromatic carbocycles. The fourth-order valence-corrected chi connectivity index (χ4v) is 8.52. The molecule has 0 spiro atoms. The molecule has 0 aromatic rings. The molecule has 0 bridgehead atoms. The first-order valence-corrected chi connectivity index (χ1v) is 13.2. The van der Waals surface area contributed by atoms with Crippen LogP contribution >= 0.6 is 0 Å². The van der Waals surface area contributed by atoms with Gasteiger partial charge in [-0.1, -0.05) is 44.4 Å². The lowest BCUT2D eigenvalue weighted by Gasteiger charge is -2.57. The molecule has 0 heterocycles. The van der Waals surface area contributed by atoms with E-state index in [4.69, 9.17) is 0 Å². The fourth-order valence-electron chi connectivity index (χ4n) is 8.52. The van der Waals surface area contributed by atoms with Gasteiger partial charge in [-0.05, 0) is 119 Å². The van der Waals surface area contributed by atoms with Crippen molar-refractivity contribution in [2.75, 3.05) is 0 Å². The molecule has 31 heavy (non-hydrogen) atoms. The lowest BCUT2D eigenvalue weighted by Crippen LogP contribution is -2.53. The molecular formula is C29H46O2. The van der Waals surface area contributed by atoms with Gasteiger partial charge in [-0.15, -0.1) is 0 Å². The summed E-state index contributed by atoms with van der Waals surface area (Å²) in [5, 5.41) is 10.2. The van der Waals surface area contributed by atoms with Crippen molar-refractivity contribution in [1.29, 1.82) is 0 Å². The molecule has 0 aromatic heterocycles. The van der Waals surface area contributed by atoms with Crippen LogP contribution in [0.15, 0.2) is 22.8 Å². The minimum atomic E-state index is -0.247. The van der Waals surface area contributed by atoms with Crippen molar-refractivity contribution < 1.29 is 9.90 Å². The van der Waals surface area contributed by atoms with Crippen LogP contribution in [0.1, 0.15) is 106 Å². The van der Waals surface area contributed by atoms with Gasteiger partial charge >= 0.3 is 0 Å². The Balaban J connectivity index is 1.54. The van der Waals surface area contributed by atoms with Gasteiger partial charge in [0.2, 0.25) is 0 Å². The summed E-state index contributed by atoms with van der Waals surface area (Å²) in [5.41, 5.74) is 4.87. The zero-order valence-corrected chi connectivity index (χ0v) is 21.0. The van der Waals surface area contributed by atoms with Gasteiger partial charge in [0.05, 0.1) is 6.10 Å². The molecule has 0 radical (unpaired) electrons. The van der Waals surface area contributed by atoms with Gasteiger partial charge in [0.1, 0.15) is 0 Å². The molecule has 2 heteroatoms. The summed E-state index contributed by atoms with van der Waals surface area (Å²) in [6, 6.07) is 0. The van der Waals surface area contributed by atoms with E-state index in [1.54, 1.807) is 11.1 Å². The number of hydrogen-bond acceptors (Lipinski definition) is 2. The SMILES string of the molecule is CCC(C)=C(C)CC[C@@H](C)[C@H]1CC[C@H]2[C@@H]3C(=O)C=C4CC(O)CC[C@]4(C)[C@H]3CC[C@]12C. The Morgan fingerprint density at radius 2 is 1.84 bits per heavy atom. The molecule has 174 valence electrons. The number of aliphatic hydroxyl groups excluding tert-OH is 1. The zero-order chi connectivity index (χ0) is 22.6. The molecular weight excluding hydrogens is 380 g/mol. The number of allylic oxidation sites excluding steroid dienone is 3. The van der Waals surface area contributed by atoms with Crippen molar-refractivity contribution in [2.24, 2.45) is 40.4 Å². The van der Waals surface area contributed by atoms with Crippen molar-refractivity contribution in [3.63, 3.8) is 0 Å². The number of hydrogen-bond donors (Lipinski definition) is 1. The molecule has 4 aliphatic rings. The van der Waals surface area contributed by atoms with Crippen molar-refractivity contribution in [2.45, 2.75) is 112 Å². The van der Waals surface area contributed by atoms with E-state index in [0.29, 0.717) is 23.0 Å². The van der Waals surface area contributed by atoms with Crippen LogP contribution < -0.4 is 0 Å². The largest absolute Gasteiger partial charge is 0.393 e. The first-order valence-electron chi connectivity index (χ1n) is 13.2. The first-order chi connectivity index (χ1) is 14.6. The summed E-state index contributed by atoms with van der Waals surface area (Å²) in [7, 11) is 0. The molecule has 1 unspecified atom stereocenters. The number of carbonyl (C=O) groups is 1. The quantitative estimate of drug-likeness (QED) is 0.469. The fraction of sp³-hybridized carbons (Fsp3) is 0.828. The Kier molecular flexibility index (Phi) is 6.36. The summed E-state index contributed by atoms with van der Waals surface area (Å²) in [5.74, 6) is 3.17. The van der Waals surface area contributed by atoms with E-state index in [-0.39, 0.29) is 17.4 Å². The van der Waals surface area contributed by atoms with Crippen LogP contribution in [0.2, 0.25) is 0 Å². The molecule has 4 rings (SSSR count). The van der Waals surface area contributed by atoms with Crippen molar-refractivity contribution in [3.8, 4) is 0 Å². The number of rotatable bonds is 5. The van der Waals surface area contributed by atoms with Crippen molar-refractivity contribution in [3.05, 3.63) is 22.8 Å². The van der Waals surface area contributed by atoms with Crippen LogP contribution in [0.4, 0.5) is 0 Å². The van der Waals surface area contributed by atoms with E-state index < -0.39 is 0 Å². The van der Waals surface area contributed by atoms with Crippen LogP contribution in [0.25, 0.3) is 0 Å². The third-order valence-corrected chi connectivity index (χ3v) is 10.9. The first kappa shape index (κ1) is 23.3. The summed E-state index contributed by atoms with van der Waals surface area (Å²) in [4.78, 5) is 13.5. The topological polar surface area (TPSA) is 37.3 Å². The van der Waals surface area contributed by atoms with Gasteiger partial charge in [-0.2, -0.15) is 0 Å². The Morgan fingerprint density at radius 3 is 2.55 bits per heavy atom. The Labute approximate surface area is 191 Å². The van der Waals surface area contributed by atoms with Crippen molar-refractivity contribution in [1.82, 2.24) is 0 Å². The molecule has 0 aliphatic heterocycles. The summed E-state index contributed by atoms with van der Waals surface area (Å²) < 4.78 is 0. The molecule has 4 aliphatic carbocycles.